The Hall–Kier alpha value is -2.57. The van der Waals surface area contributed by atoms with E-state index < -0.39 is 0 Å². The Morgan fingerprint density at radius 2 is 2.15 bits per heavy atom. The van der Waals surface area contributed by atoms with E-state index in [1.807, 2.05) is 6.92 Å². The molecule has 7 nitrogen and oxygen atoms in total. The van der Waals surface area contributed by atoms with Crippen LogP contribution in [-0.4, -0.2) is 42.3 Å². The molecule has 1 aliphatic heterocycles. The van der Waals surface area contributed by atoms with Crippen LogP contribution in [0.15, 0.2) is 33.8 Å². The molecule has 1 aromatic heterocycles. The number of aryl methyl sites for hydroxylation is 1. The van der Waals surface area contributed by atoms with Gasteiger partial charge in [0.2, 0.25) is 5.89 Å². The second-order valence-electron chi connectivity index (χ2n) is 6.90. The van der Waals surface area contributed by atoms with Gasteiger partial charge in [-0.05, 0) is 51.3 Å². The van der Waals surface area contributed by atoms with Gasteiger partial charge in [0, 0.05) is 31.7 Å². The smallest absolute Gasteiger partial charge is 0.228 e. The molecule has 0 amide bonds. The maximum atomic E-state index is 5.14. The van der Waals surface area contributed by atoms with Gasteiger partial charge in [-0.1, -0.05) is 17.3 Å². The molecule has 146 valence electrons. The molecule has 1 aliphatic rings. The minimum absolute atomic E-state index is 0.163. The average Bonchev–Trinajstić information content (AvgIpc) is 3.34. The normalized spacial score (nSPS) is 15.8. The summed E-state index contributed by atoms with van der Waals surface area (Å²) in [6.45, 7) is 9.77. The monoisotopic (exact) mass is 370 g/mol. The largest absolute Gasteiger partial charge is 0.372 e. The van der Waals surface area contributed by atoms with Crippen LogP contribution in [0.4, 0.5) is 5.69 Å². The molecule has 2 heterocycles. The molecule has 2 N–H and O–H groups in total. The maximum Gasteiger partial charge on any atom is 0.228 e. The molecule has 0 aliphatic carbocycles. The Morgan fingerprint density at radius 1 is 1.33 bits per heavy atom. The first-order valence-corrected chi connectivity index (χ1v) is 9.84. The van der Waals surface area contributed by atoms with E-state index in [-0.39, 0.29) is 6.04 Å². The number of nitrogens with one attached hydrogen (secondary N) is 2. The van der Waals surface area contributed by atoms with Crippen molar-refractivity contribution in [1.29, 1.82) is 0 Å². The minimum Gasteiger partial charge on any atom is -0.372 e. The second kappa shape index (κ2) is 9.39. The molecule has 0 spiro atoms. The first-order valence-electron chi connectivity index (χ1n) is 9.84. The van der Waals surface area contributed by atoms with Crippen molar-refractivity contribution in [3.63, 3.8) is 0 Å². The van der Waals surface area contributed by atoms with Crippen LogP contribution in [-0.2, 0) is 6.42 Å². The SMILES string of the molecule is CCNC(=NCCc1nc(C)no1)NC(C)c1cccc(N2CCCC2)c1. The Morgan fingerprint density at radius 3 is 2.85 bits per heavy atom. The van der Waals surface area contributed by atoms with Crippen LogP contribution < -0.4 is 15.5 Å². The molecule has 27 heavy (non-hydrogen) atoms. The number of guanidine groups is 1. The van der Waals surface area contributed by atoms with Gasteiger partial charge in [0.15, 0.2) is 11.8 Å². The summed E-state index contributed by atoms with van der Waals surface area (Å²) in [5.74, 6) is 2.08. The number of benzene rings is 1. The van der Waals surface area contributed by atoms with Crippen LogP contribution in [0.25, 0.3) is 0 Å². The molecule has 1 aromatic carbocycles. The first kappa shape index (κ1) is 19.2. The van der Waals surface area contributed by atoms with E-state index in [0.29, 0.717) is 24.7 Å². The van der Waals surface area contributed by atoms with Gasteiger partial charge in [-0.2, -0.15) is 4.98 Å². The lowest BCUT2D eigenvalue weighted by Gasteiger charge is -2.22. The Labute approximate surface area is 161 Å². The zero-order chi connectivity index (χ0) is 19.1. The quantitative estimate of drug-likeness (QED) is 0.576. The highest BCUT2D eigenvalue weighted by atomic mass is 16.5. The van der Waals surface area contributed by atoms with Crippen molar-refractivity contribution >= 4 is 11.6 Å². The van der Waals surface area contributed by atoms with Gasteiger partial charge in [-0.15, -0.1) is 0 Å². The van der Waals surface area contributed by atoms with Gasteiger partial charge < -0.3 is 20.1 Å². The van der Waals surface area contributed by atoms with Crippen LogP contribution in [0.3, 0.4) is 0 Å². The van der Waals surface area contributed by atoms with Crippen LogP contribution >= 0.6 is 0 Å². The van der Waals surface area contributed by atoms with Crippen molar-refractivity contribution in [2.75, 3.05) is 31.1 Å². The Bertz CT molecular complexity index is 750. The van der Waals surface area contributed by atoms with E-state index in [9.17, 15) is 0 Å². The number of hydrogen-bond donors (Lipinski definition) is 2. The third kappa shape index (κ3) is 5.45. The van der Waals surface area contributed by atoms with Gasteiger partial charge in [0.1, 0.15) is 0 Å². The fraction of sp³-hybridized carbons (Fsp3) is 0.550. The molecule has 1 atom stereocenters. The standard InChI is InChI=1S/C20H30N6O/c1-4-21-20(22-11-10-19-24-16(3)25-27-19)23-15(2)17-8-7-9-18(14-17)26-12-5-6-13-26/h7-9,14-15H,4-6,10-13H2,1-3H3,(H2,21,22,23). The maximum absolute atomic E-state index is 5.14. The van der Waals surface area contributed by atoms with E-state index in [4.69, 9.17) is 4.52 Å². The first-order chi connectivity index (χ1) is 13.2. The molecular weight excluding hydrogens is 340 g/mol. The van der Waals surface area contributed by atoms with Crippen molar-refractivity contribution in [1.82, 2.24) is 20.8 Å². The molecular formula is C20H30N6O. The van der Waals surface area contributed by atoms with Gasteiger partial charge >= 0.3 is 0 Å². The highest BCUT2D eigenvalue weighted by Crippen LogP contribution is 2.23. The van der Waals surface area contributed by atoms with E-state index in [0.717, 1.165) is 25.6 Å². The predicted octanol–water partition coefficient (Wildman–Crippen LogP) is 2.84. The van der Waals surface area contributed by atoms with Crippen molar-refractivity contribution < 1.29 is 4.52 Å². The fourth-order valence-corrected chi connectivity index (χ4v) is 3.28. The van der Waals surface area contributed by atoms with E-state index in [2.05, 4.69) is 68.8 Å². The zero-order valence-electron chi connectivity index (χ0n) is 16.5. The van der Waals surface area contributed by atoms with Gasteiger partial charge in [0.05, 0.1) is 12.6 Å². The second-order valence-corrected chi connectivity index (χ2v) is 6.90. The van der Waals surface area contributed by atoms with Crippen molar-refractivity contribution in [3.8, 4) is 0 Å². The Kier molecular flexibility index (Phi) is 6.68. The minimum atomic E-state index is 0.163. The Balaban J connectivity index is 1.61. The topological polar surface area (TPSA) is 78.6 Å². The van der Waals surface area contributed by atoms with Crippen LogP contribution in [0, 0.1) is 6.92 Å². The summed E-state index contributed by atoms with van der Waals surface area (Å²) in [4.78, 5) is 11.3. The van der Waals surface area contributed by atoms with Gasteiger partial charge in [-0.3, -0.25) is 4.99 Å². The number of aromatic nitrogens is 2. The third-order valence-corrected chi connectivity index (χ3v) is 4.70. The number of aliphatic imine (C=N–C) groups is 1. The van der Waals surface area contributed by atoms with E-state index in [1.165, 1.54) is 24.1 Å². The number of rotatable bonds is 7. The summed E-state index contributed by atoms with van der Waals surface area (Å²) in [7, 11) is 0. The summed E-state index contributed by atoms with van der Waals surface area (Å²) >= 11 is 0. The highest BCUT2D eigenvalue weighted by molar-refractivity contribution is 5.80. The molecule has 1 saturated heterocycles. The lowest BCUT2D eigenvalue weighted by molar-refractivity contribution is 0.376. The van der Waals surface area contributed by atoms with E-state index in [1.54, 1.807) is 0 Å². The lowest BCUT2D eigenvalue weighted by Crippen LogP contribution is -2.39. The van der Waals surface area contributed by atoms with Crippen molar-refractivity contribution in [2.45, 2.75) is 46.1 Å². The molecule has 1 fully saturated rings. The van der Waals surface area contributed by atoms with Crippen molar-refractivity contribution in [2.24, 2.45) is 4.99 Å². The molecule has 0 bridgehead atoms. The number of hydrogen-bond acceptors (Lipinski definition) is 5. The highest BCUT2D eigenvalue weighted by Gasteiger charge is 2.14. The summed E-state index contributed by atoms with van der Waals surface area (Å²) < 4.78 is 5.14. The molecule has 1 unspecified atom stereocenters. The summed E-state index contributed by atoms with van der Waals surface area (Å²) in [6, 6.07) is 8.96. The van der Waals surface area contributed by atoms with Crippen LogP contribution in [0.2, 0.25) is 0 Å². The summed E-state index contributed by atoms with van der Waals surface area (Å²) in [5, 5.41) is 10.6. The number of nitrogens with zero attached hydrogens (tertiary/aromatic N) is 4. The lowest BCUT2D eigenvalue weighted by atomic mass is 10.1. The predicted molar refractivity (Wildman–Crippen MR) is 108 cm³/mol. The molecule has 7 heteroatoms. The number of anilines is 1. The average molecular weight is 371 g/mol. The summed E-state index contributed by atoms with van der Waals surface area (Å²) in [5.41, 5.74) is 2.57. The molecule has 0 saturated carbocycles. The third-order valence-electron chi connectivity index (χ3n) is 4.70. The summed E-state index contributed by atoms with van der Waals surface area (Å²) in [6.07, 6.45) is 3.21. The fourth-order valence-electron chi connectivity index (χ4n) is 3.28. The molecule has 0 radical (unpaired) electrons. The van der Waals surface area contributed by atoms with Crippen LogP contribution in [0.1, 0.15) is 50.0 Å². The van der Waals surface area contributed by atoms with Gasteiger partial charge in [-0.25, -0.2) is 0 Å². The zero-order valence-corrected chi connectivity index (χ0v) is 16.5. The van der Waals surface area contributed by atoms with Crippen LogP contribution in [0.5, 0.6) is 0 Å². The molecule has 3 rings (SSSR count). The molecule has 2 aromatic rings. The van der Waals surface area contributed by atoms with Crippen molar-refractivity contribution in [3.05, 3.63) is 41.5 Å². The van der Waals surface area contributed by atoms with E-state index >= 15 is 0 Å². The van der Waals surface area contributed by atoms with Gasteiger partial charge in [0.25, 0.3) is 0 Å².